The molecule has 0 bridgehead atoms. The molecule has 170 valence electrons. The third-order valence-corrected chi connectivity index (χ3v) is 7.72. The van der Waals surface area contributed by atoms with Crippen LogP contribution in [0.15, 0.2) is 47.4 Å². The molecule has 2 aromatic rings. The van der Waals surface area contributed by atoms with E-state index in [1.54, 1.807) is 13.0 Å². The number of carbonyl (C=O) groups is 2. The van der Waals surface area contributed by atoms with Crippen LogP contribution in [-0.2, 0) is 26.2 Å². The average Bonchev–Trinajstić information content (AvgIpc) is 2.79. The molecular weight excluding hydrogens is 430 g/mol. The topological polar surface area (TPSA) is 105 Å². The van der Waals surface area contributed by atoms with Gasteiger partial charge >= 0.3 is 0 Å². The molecule has 0 unspecified atom stereocenters. The molecule has 0 aliphatic carbocycles. The second kappa shape index (κ2) is 8.91. The number of hydrogen-bond donors (Lipinski definition) is 2. The molecule has 2 N–H and O–H groups in total. The predicted octanol–water partition coefficient (Wildman–Crippen LogP) is 2.43. The Morgan fingerprint density at radius 1 is 1.22 bits per heavy atom. The highest BCUT2D eigenvalue weighted by atomic mass is 32.2. The van der Waals surface area contributed by atoms with Crippen molar-refractivity contribution in [1.29, 1.82) is 0 Å². The van der Waals surface area contributed by atoms with E-state index in [0.717, 1.165) is 11.1 Å². The molecule has 9 heteroatoms. The minimum absolute atomic E-state index is 0.0652. The van der Waals surface area contributed by atoms with E-state index in [-0.39, 0.29) is 23.3 Å². The van der Waals surface area contributed by atoms with Gasteiger partial charge in [-0.2, -0.15) is 4.31 Å². The Bertz CT molecular complexity index is 1130. The van der Waals surface area contributed by atoms with Crippen molar-refractivity contribution < 1.29 is 22.7 Å². The molecule has 2 aromatic carbocycles. The van der Waals surface area contributed by atoms with Crippen molar-refractivity contribution in [1.82, 2.24) is 9.62 Å². The van der Waals surface area contributed by atoms with Crippen LogP contribution in [0.1, 0.15) is 30.9 Å². The van der Waals surface area contributed by atoms with Crippen molar-refractivity contribution in [2.75, 3.05) is 18.4 Å². The number of sulfonamides is 1. The van der Waals surface area contributed by atoms with Gasteiger partial charge in [-0.05, 0) is 50.5 Å². The number of nitrogens with one attached hydrogen (secondary N) is 2. The van der Waals surface area contributed by atoms with Gasteiger partial charge in [0.1, 0.15) is 5.75 Å². The number of hydrogen-bond acceptors (Lipinski definition) is 5. The Morgan fingerprint density at radius 3 is 2.72 bits per heavy atom. The minimum atomic E-state index is -3.82. The molecule has 2 amide bonds. The van der Waals surface area contributed by atoms with Gasteiger partial charge in [0.2, 0.25) is 15.9 Å². The molecule has 2 aliphatic heterocycles. The quantitative estimate of drug-likeness (QED) is 0.718. The molecule has 0 radical (unpaired) electrons. The standard InChI is InChI=1S/C23H27N3O5S/c1-15-5-7-17(8-6-15)13-24-23(28)18-4-3-11-26(14-18)32(29,30)19-9-10-21-20(12-19)25-22(27)16(2)31-21/h5-10,12,16,18H,3-4,11,13-14H2,1-2H3,(H,24,28)(H,25,27)/t16-,18-/m1/s1. The molecule has 0 saturated carbocycles. The van der Waals surface area contributed by atoms with Crippen molar-refractivity contribution in [3.05, 3.63) is 53.6 Å². The van der Waals surface area contributed by atoms with Crippen LogP contribution in [0.25, 0.3) is 0 Å². The predicted molar refractivity (Wildman–Crippen MR) is 120 cm³/mol. The number of fused-ring (bicyclic) bond motifs is 1. The number of nitrogens with zero attached hydrogens (tertiary/aromatic N) is 1. The third kappa shape index (κ3) is 4.63. The third-order valence-electron chi connectivity index (χ3n) is 5.86. The Labute approximate surface area is 188 Å². The van der Waals surface area contributed by atoms with E-state index >= 15 is 0 Å². The van der Waals surface area contributed by atoms with Crippen LogP contribution in [0, 0.1) is 12.8 Å². The van der Waals surface area contributed by atoms with Crippen LogP contribution in [-0.4, -0.2) is 43.7 Å². The first-order valence-corrected chi connectivity index (χ1v) is 12.1. The number of amides is 2. The highest BCUT2D eigenvalue weighted by molar-refractivity contribution is 7.89. The maximum absolute atomic E-state index is 13.2. The zero-order valence-electron chi connectivity index (χ0n) is 18.1. The summed E-state index contributed by atoms with van der Waals surface area (Å²) in [5, 5.41) is 5.60. The van der Waals surface area contributed by atoms with E-state index in [9.17, 15) is 18.0 Å². The van der Waals surface area contributed by atoms with Gasteiger partial charge in [0, 0.05) is 19.6 Å². The fraction of sp³-hybridized carbons (Fsp3) is 0.391. The summed E-state index contributed by atoms with van der Waals surface area (Å²) in [7, 11) is -3.82. The van der Waals surface area contributed by atoms with Crippen LogP contribution in [0.2, 0.25) is 0 Å². The van der Waals surface area contributed by atoms with Gasteiger partial charge in [-0.1, -0.05) is 29.8 Å². The fourth-order valence-electron chi connectivity index (χ4n) is 3.91. The van der Waals surface area contributed by atoms with Crippen molar-refractivity contribution in [2.45, 2.75) is 44.2 Å². The van der Waals surface area contributed by atoms with Gasteiger partial charge in [-0.15, -0.1) is 0 Å². The second-order valence-electron chi connectivity index (χ2n) is 8.31. The monoisotopic (exact) mass is 457 g/mol. The first kappa shape index (κ1) is 22.3. The summed E-state index contributed by atoms with van der Waals surface area (Å²) in [6.07, 6.45) is 0.605. The highest BCUT2D eigenvalue weighted by Crippen LogP contribution is 2.33. The van der Waals surface area contributed by atoms with Gasteiger partial charge in [0.15, 0.2) is 6.10 Å². The molecule has 32 heavy (non-hydrogen) atoms. The summed E-state index contributed by atoms with van der Waals surface area (Å²) < 4.78 is 33.3. The second-order valence-corrected chi connectivity index (χ2v) is 10.3. The molecule has 8 nitrogen and oxygen atoms in total. The van der Waals surface area contributed by atoms with Crippen LogP contribution < -0.4 is 15.4 Å². The normalized spacial score (nSPS) is 21.2. The largest absolute Gasteiger partial charge is 0.479 e. The summed E-state index contributed by atoms with van der Waals surface area (Å²) in [6, 6.07) is 12.3. The Morgan fingerprint density at radius 2 is 1.97 bits per heavy atom. The van der Waals surface area contributed by atoms with Crippen molar-refractivity contribution >= 4 is 27.5 Å². The van der Waals surface area contributed by atoms with Crippen molar-refractivity contribution in [3.63, 3.8) is 0 Å². The number of anilines is 1. The van der Waals surface area contributed by atoms with E-state index in [1.807, 2.05) is 31.2 Å². The molecule has 2 atom stereocenters. The van der Waals surface area contributed by atoms with E-state index in [1.165, 1.54) is 16.4 Å². The van der Waals surface area contributed by atoms with Gasteiger partial charge in [0.25, 0.3) is 5.91 Å². The molecule has 2 heterocycles. The van der Waals surface area contributed by atoms with Gasteiger partial charge in [0.05, 0.1) is 16.5 Å². The minimum Gasteiger partial charge on any atom is -0.479 e. The summed E-state index contributed by atoms with van der Waals surface area (Å²) in [4.78, 5) is 24.7. The van der Waals surface area contributed by atoms with Gasteiger partial charge < -0.3 is 15.4 Å². The molecule has 0 spiro atoms. The number of ether oxygens (including phenoxy) is 1. The maximum Gasteiger partial charge on any atom is 0.265 e. The molecule has 0 aromatic heterocycles. The number of benzene rings is 2. The number of aryl methyl sites for hydroxylation is 1. The smallest absolute Gasteiger partial charge is 0.265 e. The van der Waals surface area contributed by atoms with Crippen LogP contribution in [0.3, 0.4) is 0 Å². The van der Waals surface area contributed by atoms with Crippen LogP contribution >= 0.6 is 0 Å². The Balaban J connectivity index is 1.44. The van der Waals surface area contributed by atoms with Crippen LogP contribution in [0.4, 0.5) is 5.69 Å². The van der Waals surface area contributed by atoms with Gasteiger partial charge in [-0.25, -0.2) is 8.42 Å². The summed E-state index contributed by atoms with van der Waals surface area (Å²) in [6.45, 7) is 4.51. The first-order chi connectivity index (χ1) is 15.2. The lowest BCUT2D eigenvalue weighted by molar-refractivity contribution is -0.126. The van der Waals surface area contributed by atoms with E-state index in [4.69, 9.17) is 4.74 Å². The van der Waals surface area contributed by atoms with Crippen molar-refractivity contribution in [3.8, 4) is 5.75 Å². The van der Waals surface area contributed by atoms with Crippen LogP contribution in [0.5, 0.6) is 5.75 Å². The average molecular weight is 458 g/mol. The van der Waals surface area contributed by atoms with E-state index < -0.39 is 22.0 Å². The molecule has 1 fully saturated rings. The highest BCUT2D eigenvalue weighted by Gasteiger charge is 2.34. The lowest BCUT2D eigenvalue weighted by Crippen LogP contribution is -2.45. The molecule has 1 saturated heterocycles. The fourth-order valence-corrected chi connectivity index (χ4v) is 5.46. The number of carbonyl (C=O) groups excluding carboxylic acids is 2. The van der Waals surface area contributed by atoms with Crippen molar-refractivity contribution in [2.24, 2.45) is 5.92 Å². The van der Waals surface area contributed by atoms with E-state index in [2.05, 4.69) is 10.6 Å². The zero-order chi connectivity index (χ0) is 22.9. The Kier molecular flexibility index (Phi) is 6.21. The summed E-state index contributed by atoms with van der Waals surface area (Å²) in [5.41, 5.74) is 2.48. The number of rotatable bonds is 5. The number of piperidine rings is 1. The maximum atomic E-state index is 13.2. The first-order valence-electron chi connectivity index (χ1n) is 10.7. The van der Waals surface area contributed by atoms with Gasteiger partial charge in [-0.3, -0.25) is 9.59 Å². The molecule has 4 rings (SSSR count). The van der Waals surface area contributed by atoms with E-state index in [0.29, 0.717) is 37.4 Å². The molecular formula is C23H27N3O5S. The lowest BCUT2D eigenvalue weighted by atomic mass is 9.98. The Hall–Kier alpha value is -2.91. The SMILES string of the molecule is Cc1ccc(CNC(=O)[C@@H]2CCCN(S(=O)(=O)c3ccc4c(c3)NC(=O)[C@@H](C)O4)C2)cc1. The molecule has 2 aliphatic rings. The zero-order valence-corrected chi connectivity index (χ0v) is 18.9. The summed E-state index contributed by atoms with van der Waals surface area (Å²) >= 11 is 0. The lowest BCUT2D eigenvalue weighted by Gasteiger charge is -2.31. The summed E-state index contributed by atoms with van der Waals surface area (Å²) in [5.74, 6) is -0.450.